The van der Waals surface area contributed by atoms with Gasteiger partial charge in [-0.15, -0.1) is 0 Å². The number of nitrogens with zero attached hydrogens (tertiary/aromatic N) is 2. The summed E-state index contributed by atoms with van der Waals surface area (Å²) >= 11 is 0. The van der Waals surface area contributed by atoms with Gasteiger partial charge in [-0.2, -0.15) is 0 Å². The summed E-state index contributed by atoms with van der Waals surface area (Å²) < 4.78 is 0. The molecule has 3 unspecified atom stereocenters. The molecule has 0 aromatic heterocycles. The summed E-state index contributed by atoms with van der Waals surface area (Å²) in [6.07, 6.45) is 6.58. The second-order valence-corrected chi connectivity index (χ2v) is 7.02. The highest BCUT2D eigenvalue weighted by molar-refractivity contribution is 5.51. The van der Waals surface area contributed by atoms with Crippen molar-refractivity contribution in [3.05, 3.63) is 34.4 Å². The summed E-state index contributed by atoms with van der Waals surface area (Å²) in [5.74, 6) is 0.391. The highest BCUT2D eigenvalue weighted by Gasteiger charge is 2.43. The Morgan fingerprint density at radius 3 is 2.57 bits per heavy atom. The van der Waals surface area contributed by atoms with E-state index in [2.05, 4.69) is 4.90 Å². The molecule has 1 saturated heterocycles. The lowest BCUT2D eigenvalue weighted by Crippen LogP contribution is -2.64. The van der Waals surface area contributed by atoms with Crippen LogP contribution >= 0.6 is 0 Å². The Bertz CT molecular complexity index is 562. The molecule has 3 atom stereocenters. The first-order valence-electron chi connectivity index (χ1n) is 8.54. The normalized spacial score (nSPS) is 31.8. The smallest absolute Gasteiger partial charge is 0.269 e. The number of anilines is 1. The molecule has 1 aliphatic carbocycles. The number of nitro benzene ring substituents is 1. The zero-order valence-electron chi connectivity index (χ0n) is 13.5. The van der Waals surface area contributed by atoms with E-state index < -0.39 is 0 Å². The number of non-ortho nitro benzene ring substituents is 1. The van der Waals surface area contributed by atoms with Gasteiger partial charge in [0.15, 0.2) is 0 Å². The minimum Gasteiger partial charge on any atom is -0.371 e. The Labute approximate surface area is 137 Å². The molecule has 4 N–H and O–H groups in total. The maximum Gasteiger partial charge on any atom is 0.269 e. The maximum atomic E-state index is 10.8. The molecule has 2 aliphatic rings. The third kappa shape index (κ3) is 3.19. The predicted octanol–water partition coefficient (Wildman–Crippen LogP) is 2.41. The van der Waals surface area contributed by atoms with Gasteiger partial charge in [0.1, 0.15) is 0 Å². The third-order valence-corrected chi connectivity index (χ3v) is 5.67. The van der Waals surface area contributed by atoms with Crippen LogP contribution in [0.5, 0.6) is 0 Å². The van der Waals surface area contributed by atoms with Crippen LogP contribution in [0.15, 0.2) is 24.3 Å². The van der Waals surface area contributed by atoms with Crippen molar-refractivity contribution in [2.75, 3.05) is 18.0 Å². The fourth-order valence-electron chi connectivity index (χ4n) is 4.19. The van der Waals surface area contributed by atoms with Crippen molar-refractivity contribution in [1.29, 1.82) is 0 Å². The van der Waals surface area contributed by atoms with E-state index in [-0.39, 0.29) is 22.2 Å². The maximum absolute atomic E-state index is 10.8. The number of piperidine rings is 1. The quantitative estimate of drug-likeness (QED) is 0.658. The van der Waals surface area contributed by atoms with Crippen LogP contribution in [0.25, 0.3) is 0 Å². The number of hydrogen-bond acceptors (Lipinski definition) is 5. The van der Waals surface area contributed by atoms with E-state index >= 15 is 0 Å². The Morgan fingerprint density at radius 2 is 1.91 bits per heavy atom. The summed E-state index contributed by atoms with van der Waals surface area (Å²) in [4.78, 5) is 12.7. The Balaban J connectivity index is 1.74. The van der Waals surface area contributed by atoms with Crippen LogP contribution in [0, 0.1) is 16.0 Å². The van der Waals surface area contributed by atoms with E-state index in [0.717, 1.165) is 50.9 Å². The highest BCUT2D eigenvalue weighted by atomic mass is 16.6. The Hall–Kier alpha value is -1.66. The van der Waals surface area contributed by atoms with Crippen molar-refractivity contribution in [3.63, 3.8) is 0 Å². The van der Waals surface area contributed by atoms with Gasteiger partial charge in [-0.25, -0.2) is 0 Å². The number of nitro groups is 1. The van der Waals surface area contributed by atoms with E-state index in [9.17, 15) is 10.1 Å². The topological polar surface area (TPSA) is 98.4 Å². The van der Waals surface area contributed by atoms with Gasteiger partial charge in [0.2, 0.25) is 0 Å². The molecule has 23 heavy (non-hydrogen) atoms. The minimum absolute atomic E-state index is 0.0815. The molecule has 3 rings (SSSR count). The van der Waals surface area contributed by atoms with E-state index in [0.29, 0.717) is 5.92 Å². The van der Waals surface area contributed by atoms with Crippen LogP contribution in [-0.4, -0.2) is 29.6 Å². The zero-order chi connectivity index (χ0) is 16.4. The number of rotatable bonds is 3. The predicted molar refractivity (Wildman–Crippen MR) is 91.4 cm³/mol. The fourth-order valence-corrected chi connectivity index (χ4v) is 4.19. The van der Waals surface area contributed by atoms with E-state index in [4.69, 9.17) is 11.5 Å². The van der Waals surface area contributed by atoms with Gasteiger partial charge in [0.05, 0.1) is 4.92 Å². The molecule has 1 heterocycles. The standard InChI is InChI=1S/C17H26N4O2/c18-16-5-1-2-10-17(16,19)13-4-3-11-20(12-13)14-6-8-15(9-7-14)21(22)23/h6-9,13,16H,1-5,10-12,18-19H2. The molecule has 0 spiro atoms. The van der Waals surface area contributed by atoms with Gasteiger partial charge < -0.3 is 16.4 Å². The molecular formula is C17H26N4O2. The second kappa shape index (κ2) is 6.45. The summed E-state index contributed by atoms with van der Waals surface area (Å²) in [6, 6.07) is 6.90. The van der Waals surface area contributed by atoms with Crippen molar-refractivity contribution >= 4 is 11.4 Å². The minimum atomic E-state index is -0.362. The van der Waals surface area contributed by atoms with Gasteiger partial charge in [0.25, 0.3) is 5.69 Å². The van der Waals surface area contributed by atoms with Crippen LogP contribution in [-0.2, 0) is 0 Å². The summed E-state index contributed by atoms with van der Waals surface area (Å²) in [7, 11) is 0. The second-order valence-electron chi connectivity index (χ2n) is 7.02. The summed E-state index contributed by atoms with van der Waals surface area (Å²) in [6.45, 7) is 1.86. The summed E-state index contributed by atoms with van der Waals surface area (Å²) in [5.41, 5.74) is 14.0. The van der Waals surface area contributed by atoms with Crippen LogP contribution in [0.1, 0.15) is 38.5 Å². The van der Waals surface area contributed by atoms with Crippen molar-refractivity contribution in [1.82, 2.24) is 0 Å². The average Bonchev–Trinajstić information content (AvgIpc) is 2.58. The third-order valence-electron chi connectivity index (χ3n) is 5.67. The van der Waals surface area contributed by atoms with Gasteiger partial charge in [-0.3, -0.25) is 10.1 Å². The molecule has 6 nitrogen and oxygen atoms in total. The molecule has 0 bridgehead atoms. The van der Waals surface area contributed by atoms with Gasteiger partial charge in [-0.05, 0) is 43.7 Å². The molecule has 0 radical (unpaired) electrons. The molecule has 1 aromatic carbocycles. The summed E-state index contributed by atoms with van der Waals surface area (Å²) in [5, 5.41) is 10.8. The molecule has 1 saturated carbocycles. The van der Waals surface area contributed by atoms with Crippen molar-refractivity contribution in [2.45, 2.75) is 50.1 Å². The Kier molecular flexibility index (Phi) is 4.55. The monoisotopic (exact) mass is 318 g/mol. The van der Waals surface area contributed by atoms with Crippen LogP contribution in [0.4, 0.5) is 11.4 Å². The van der Waals surface area contributed by atoms with E-state index in [1.807, 2.05) is 12.1 Å². The van der Waals surface area contributed by atoms with Gasteiger partial charge in [0, 0.05) is 42.5 Å². The van der Waals surface area contributed by atoms with Crippen molar-refractivity contribution in [3.8, 4) is 0 Å². The first kappa shape index (κ1) is 16.2. The zero-order valence-corrected chi connectivity index (χ0v) is 13.5. The number of nitrogens with two attached hydrogens (primary N) is 2. The molecule has 1 aromatic rings. The molecule has 1 aliphatic heterocycles. The first-order chi connectivity index (χ1) is 11.0. The molecule has 2 fully saturated rings. The largest absolute Gasteiger partial charge is 0.371 e. The van der Waals surface area contributed by atoms with Crippen LogP contribution in [0.3, 0.4) is 0 Å². The van der Waals surface area contributed by atoms with E-state index in [1.54, 1.807) is 12.1 Å². The fraction of sp³-hybridized carbons (Fsp3) is 0.647. The van der Waals surface area contributed by atoms with Crippen LogP contribution < -0.4 is 16.4 Å². The van der Waals surface area contributed by atoms with Crippen molar-refractivity contribution < 1.29 is 4.92 Å². The lowest BCUT2D eigenvalue weighted by Gasteiger charge is -2.49. The lowest BCUT2D eigenvalue weighted by atomic mass is 9.68. The first-order valence-corrected chi connectivity index (χ1v) is 8.54. The average molecular weight is 318 g/mol. The molecule has 6 heteroatoms. The lowest BCUT2D eigenvalue weighted by molar-refractivity contribution is -0.384. The van der Waals surface area contributed by atoms with Gasteiger partial charge >= 0.3 is 0 Å². The van der Waals surface area contributed by atoms with Gasteiger partial charge in [-0.1, -0.05) is 12.8 Å². The highest BCUT2D eigenvalue weighted by Crippen LogP contribution is 2.37. The number of hydrogen-bond donors (Lipinski definition) is 2. The van der Waals surface area contributed by atoms with Crippen molar-refractivity contribution in [2.24, 2.45) is 17.4 Å². The Morgan fingerprint density at radius 1 is 1.17 bits per heavy atom. The number of benzene rings is 1. The SMILES string of the molecule is NC1CCCCC1(N)C1CCCN(c2ccc([N+](=O)[O-])cc2)C1. The molecule has 126 valence electrons. The molecular weight excluding hydrogens is 292 g/mol. The molecule has 0 amide bonds. The van der Waals surface area contributed by atoms with Crippen LogP contribution in [0.2, 0.25) is 0 Å². The van der Waals surface area contributed by atoms with E-state index in [1.165, 1.54) is 6.42 Å².